The van der Waals surface area contributed by atoms with Crippen molar-refractivity contribution in [3.8, 4) is 0 Å². The van der Waals surface area contributed by atoms with Crippen LogP contribution < -0.4 is 0 Å². The van der Waals surface area contributed by atoms with E-state index in [2.05, 4.69) is 54.1 Å². The Morgan fingerprint density at radius 3 is 2.29 bits per heavy atom. The summed E-state index contributed by atoms with van der Waals surface area (Å²) in [5.41, 5.74) is 0.965. The minimum Gasteiger partial charge on any atom is -0.444 e. The van der Waals surface area contributed by atoms with Crippen LogP contribution >= 0.6 is 0 Å². The predicted octanol–water partition coefficient (Wildman–Crippen LogP) is 4.01. The zero-order valence-electron chi connectivity index (χ0n) is 18.2. The highest BCUT2D eigenvalue weighted by atomic mass is 16.6. The number of likely N-dealkylation sites (tertiary alicyclic amines) is 1. The van der Waals surface area contributed by atoms with Crippen LogP contribution in [0.4, 0.5) is 4.79 Å². The minimum atomic E-state index is -0.446. The quantitative estimate of drug-likeness (QED) is 0.785. The number of carbonyl (C=O) groups is 1. The topological polar surface area (TPSA) is 36.0 Å². The second-order valence-electron chi connectivity index (χ2n) is 9.51. The van der Waals surface area contributed by atoms with Gasteiger partial charge in [-0.15, -0.1) is 0 Å². The van der Waals surface area contributed by atoms with Crippen LogP contribution in [-0.4, -0.2) is 72.2 Å². The number of rotatable bonds is 3. The van der Waals surface area contributed by atoms with Gasteiger partial charge < -0.3 is 14.5 Å². The van der Waals surface area contributed by atoms with Gasteiger partial charge in [0.1, 0.15) is 5.60 Å². The largest absolute Gasteiger partial charge is 0.444 e. The second kappa shape index (κ2) is 8.83. The lowest BCUT2D eigenvalue weighted by Gasteiger charge is -2.47. The van der Waals surface area contributed by atoms with Crippen molar-refractivity contribution in [2.75, 3.05) is 39.8 Å². The molecule has 0 radical (unpaired) electrons. The molecule has 0 spiro atoms. The number of hydrogen-bond acceptors (Lipinski definition) is 4. The molecule has 2 heterocycles. The van der Waals surface area contributed by atoms with Crippen LogP contribution in [0.5, 0.6) is 0 Å². The maximum atomic E-state index is 12.5. The molecule has 0 N–H and O–H groups in total. The van der Waals surface area contributed by atoms with Crippen LogP contribution in [0.2, 0.25) is 0 Å². The standard InChI is InChI=1S/C23H37N3O2/c1-18-17-25(22(27)28-23(2,3)4)15-16-26(18)21(19-9-7-6-8-10-19)20-11-13-24(5)14-12-20/h6-10,18,20-21H,11-17H2,1-5H3. The van der Waals surface area contributed by atoms with Crippen LogP contribution in [0.15, 0.2) is 30.3 Å². The summed E-state index contributed by atoms with van der Waals surface area (Å²) in [5, 5.41) is 0. The van der Waals surface area contributed by atoms with Crippen molar-refractivity contribution in [2.24, 2.45) is 5.92 Å². The molecule has 0 saturated carbocycles. The number of piperazine rings is 1. The Morgan fingerprint density at radius 2 is 1.71 bits per heavy atom. The van der Waals surface area contributed by atoms with Crippen molar-refractivity contribution >= 4 is 6.09 Å². The Balaban J connectivity index is 1.73. The third kappa shape index (κ3) is 5.26. The highest BCUT2D eigenvalue weighted by molar-refractivity contribution is 5.68. The summed E-state index contributed by atoms with van der Waals surface area (Å²) < 4.78 is 5.60. The lowest BCUT2D eigenvalue weighted by molar-refractivity contribution is -0.0140. The summed E-state index contributed by atoms with van der Waals surface area (Å²) in [6.45, 7) is 12.7. The Kier molecular flexibility index (Phi) is 6.66. The first-order valence-corrected chi connectivity index (χ1v) is 10.7. The number of hydrogen-bond donors (Lipinski definition) is 0. The van der Waals surface area contributed by atoms with Gasteiger partial charge in [0.05, 0.1) is 0 Å². The van der Waals surface area contributed by atoms with Crippen LogP contribution in [0.25, 0.3) is 0 Å². The molecule has 5 heteroatoms. The van der Waals surface area contributed by atoms with Gasteiger partial charge >= 0.3 is 6.09 Å². The molecular weight excluding hydrogens is 350 g/mol. The van der Waals surface area contributed by atoms with Crippen LogP contribution in [0.3, 0.4) is 0 Å². The van der Waals surface area contributed by atoms with E-state index in [0.717, 1.165) is 19.6 Å². The van der Waals surface area contributed by atoms with Crippen LogP contribution in [0.1, 0.15) is 52.1 Å². The van der Waals surface area contributed by atoms with Crippen molar-refractivity contribution in [3.05, 3.63) is 35.9 Å². The minimum absolute atomic E-state index is 0.186. The van der Waals surface area contributed by atoms with E-state index < -0.39 is 5.60 Å². The van der Waals surface area contributed by atoms with E-state index in [4.69, 9.17) is 4.74 Å². The van der Waals surface area contributed by atoms with E-state index in [1.54, 1.807) is 0 Å². The van der Waals surface area contributed by atoms with Crippen molar-refractivity contribution in [2.45, 2.75) is 58.2 Å². The number of ether oxygens (including phenoxy) is 1. The summed E-state index contributed by atoms with van der Waals surface area (Å²) in [5.74, 6) is 0.661. The normalized spacial score (nSPS) is 24.2. The molecule has 156 valence electrons. The van der Waals surface area contributed by atoms with Gasteiger partial charge in [0.2, 0.25) is 0 Å². The molecule has 3 rings (SSSR count). The third-order valence-electron chi connectivity index (χ3n) is 6.04. The Bertz CT molecular complexity index is 635. The molecule has 1 aromatic carbocycles. The van der Waals surface area contributed by atoms with Gasteiger partial charge in [0.25, 0.3) is 0 Å². The zero-order valence-corrected chi connectivity index (χ0v) is 18.2. The third-order valence-corrected chi connectivity index (χ3v) is 6.04. The second-order valence-corrected chi connectivity index (χ2v) is 9.51. The predicted molar refractivity (Wildman–Crippen MR) is 113 cm³/mol. The fourth-order valence-corrected chi connectivity index (χ4v) is 4.61. The lowest BCUT2D eigenvalue weighted by atomic mass is 9.83. The van der Waals surface area contributed by atoms with Crippen molar-refractivity contribution in [1.82, 2.24) is 14.7 Å². The van der Waals surface area contributed by atoms with E-state index in [1.165, 1.54) is 31.5 Å². The fraction of sp³-hybridized carbons (Fsp3) is 0.696. The molecule has 1 aromatic rings. The highest BCUT2D eigenvalue weighted by Crippen LogP contribution is 2.37. The molecule has 2 aliphatic rings. The van der Waals surface area contributed by atoms with Gasteiger partial charge in [-0.05, 0) is 72.2 Å². The molecule has 2 saturated heterocycles. The summed E-state index contributed by atoms with van der Waals surface area (Å²) in [6, 6.07) is 11.7. The molecule has 2 unspecified atom stereocenters. The number of carbonyl (C=O) groups excluding carboxylic acids is 1. The van der Waals surface area contributed by atoms with Crippen molar-refractivity contribution < 1.29 is 9.53 Å². The Morgan fingerprint density at radius 1 is 1.07 bits per heavy atom. The SMILES string of the molecule is CC1CN(C(=O)OC(C)(C)C)CCN1C(c1ccccc1)C1CCN(C)CC1. The monoisotopic (exact) mass is 387 g/mol. The molecule has 2 aliphatic heterocycles. The van der Waals surface area contributed by atoms with Gasteiger partial charge in [-0.1, -0.05) is 30.3 Å². The molecule has 2 atom stereocenters. The smallest absolute Gasteiger partial charge is 0.410 e. The maximum absolute atomic E-state index is 12.5. The Labute approximate surface area is 170 Å². The van der Waals surface area contributed by atoms with Crippen molar-refractivity contribution in [1.29, 1.82) is 0 Å². The molecule has 0 aromatic heterocycles. The zero-order chi connectivity index (χ0) is 20.3. The van der Waals surface area contributed by atoms with Crippen molar-refractivity contribution in [3.63, 3.8) is 0 Å². The highest BCUT2D eigenvalue weighted by Gasteiger charge is 2.37. The number of amides is 1. The van der Waals surface area contributed by atoms with E-state index in [1.807, 2.05) is 25.7 Å². The first-order chi connectivity index (χ1) is 13.2. The molecule has 1 amide bonds. The molecule has 2 fully saturated rings. The Hall–Kier alpha value is -1.59. The van der Waals surface area contributed by atoms with Gasteiger partial charge in [0.15, 0.2) is 0 Å². The number of nitrogens with zero attached hydrogens (tertiary/aromatic N) is 3. The molecular formula is C23H37N3O2. The van der Waals surface area contributed by atoms with Gasteiger partial charge in [-0.25, -0.2) is 4.79 Å². The average molecular weight is 388 g/mol. The van der Waals surface area contributed by atoms with Crippen LogP contribution in [-0.2, 0) is 4.74 Å². The van der Waals surface area contributed by atoms with Gasteiger partial charge in [-0.3, -0.25) is 4.90 Å². The average Bonchev–Trinajstić information content (AvgIpc) is 2.64. The lowest BCUT2D eigenvalue weighted by Crippen LogP contribution is -2.56. The van der Waals surface area contributed by atoms with E-state index >= 15 is 0 Å². The van der Waals surface area contributed by atoms with Crippen LogP contribution in [0, 0.1) is 5.92 Å². The number of benzene rings is 1. The maximum Gasteiger partial charge on any atom is 0.410 e. The number of piperidine rings is 1. The molecule has 0 bridgehead atoms. The molecule has 28 heavy (non-hydrogen) atoms. The molecule has 5 nitrogen and oxygen atoms in total. The summed E-state index contributed by atoms with van der Waals surface area (Å²) in [4.78, 5) is 19.5. The van der Waals surface area contributed by atoms with E-state index in [9.17, 15) is 4.79 Å². The van der Waals surface area contributed by atoms with Gasteiger partial charge in [-0.2, -0.15) is 0 Å². The first kappa shape index (κ1) is 21.1. The van der Waals surface area contributed by atoms with Gasteiger partial charge in [0, 0.05) is 31.7 Å². The van der Waals surface area contributed by atoms with E-state index in [0.29, 0.717) is 18.0 Å². The summed E-state index contributed by atoms with van der Waals surface area (Å²) >= 11 is 0. The first-order valence-electron chi connectivity index (χ1n) is 10.7. The summed E-state index contributed by atoms with van der Waals surface area (Å²) in [7, 11) is 2.22. The van der Waals surface area contributed by atoms with E-state index in [-0.39, 0.29) is 6.09 Å². The fourth-order valence-electron chi connectivity index (χ4n) is 4.61. The summed E-state index contributed by atoms with van der Waals surface area (Å²) in [6.07, 6.45) is 2.28. The molecule has 0 aliphatic carbocycles.